The Morgan fingerprint density at radius 3 is 2.18 bits per heavy atom. The van der Waals surface area contributed by atoms with E-state index in [1.165, 1.54) is 6.07 Å². The van der Waals surface area contributed by atoms with Gasteiger partial charge in [0.05, 0.1) is 11.7 Å². The molecular formula is C27H25N5O5S2. The molecule has 1 atom stereocenters. The van der Waals surface area contributed by atoms with Crippen molar-refractivity contribution in [3.05, 3.63) is 90.0 Å². The van der Waals surface area contributed by atoms with Gasteiger partial charge in [-0.05, 0) is 36.1 Å². The molecule has 1 aliphatic heterocycles. The molecule has 10 nitrogen and oxygen atoms in total. The fourth-order valence-corrected chi connectivity index (χ4v) is 6.44. The van der Waals surface area contributed by atoms with Crippen molar-refractivity contribution in [2.45, 2.75) is 23.8 Å². The fraction of sp³-hybridized carbons (Fsp3) is 0.222. The van der Waals surface area contributed by atoms with E-state index < -0.39 is 33.8 Å². The van der Waals surface area contributed by atoms with Crippen LogP contribution in [0, 0.1) is 0 Å². The minimum absolute atomic E-state index is 0.0286. The summed E-state index contributed by atoms with van der Waals surface area (Å²) in [7, 11) is -4.21. The van der Waals surface area contributed by atoms with Crippen LogP contribution in [0.3, 0.4) is 0 Å². The van der Waals surface area contributed by atoms with Crippen LogP contribution in [0.1, 0.15) is 11.1 Å². The minimum Gasteiger partial charge on any atom is -0.323 e. The predicted molar refractivity (Wildman–Crippen MR) is 145 cm³/mol. The van der Waals surface area contributed by atoms with Gasteiger partial charge in [0.25, 0.3) is 0 Å². The van der Waals surface area contributed by atoms with Crippen LogP contribution in [0.15, 0.2) is 83.8 Å². The van der Waals surface area contributed by atoms with E-state index in [2.05, 4.69) is 13.5 Å². The molecule has 12 heteroatoms. The molecule has 2 heterocycles. The number of carbonyl (C=O) groups is 3. The summed E-state index contributed by atoms with van der Waals surface area (Å²) in [6.45, 7) is -0.439. The fourth-order valence-electron chi connectivity index (χ4n) is 4.48. The van der Waals surface area contributed by atoms with E-state index >= 15 is 0 Å². The highest BCUT2D eigenvalue weighted by molar-refractivity contribution is 7.89. The molecule has 0 radical (unpaired) electrons. The zero-order valence-corrected chi connectivity index (χ0v) is 22.4. The summed E-state index contributed by atoms with van der Waals surface area (Å²) in [5, 5.41) is 0. The summed E-state index contributed by atoms with van der Waals surface area (Å²) in [4.78, 5) is 41.6. The third-order valence-corrected chi connectivity index (χ3v) is 8.50. The van der Waals surface area contributed by atoms with E-state index in [1.807, 2.05) is 36.4 Å². The summed E-state index contributed by atoms with van der Waals surface area (Å²) in [5.74, 6) is -1.67. The molecule has 0 aliphatic carbocycles. The van der Waals surface area contributed by atoms with Crippen LogP contribution in [0.25, 0.3) is 11.0 Å². The lowest BCUT2D eigenvalue weighted by atomic mass is 10.1. The second-order valence-corrected chi connectivity index (χ2v) is 11.3. The molecule has 1 fully saturated rings. The number of aromatic nitrogens is 2. The van der Waals surface area contributed by atoms with Crippen LogP contribution < -0.4 is 4.72 Å². The molecule has 1 N–H and O–H groups in total. The van der Waals surface area contributed by atoms with Crippen molar-refractivity contribution in [1.82, 2.24) is 23.3 Å². The van der Waals surface area contributed by atoms with Crippen LogP contribution in [-0.2, 0) is 37.2 Å². The second-order valence-electron chi connectivity index (χ2n) is 9.12. The molecule has 0 bridgehead atoms. The molecule has 1 aromatic heterocycles. The van der Waals surface area contributed by atoms with Crippen molar-refractivity contribution >= 4 is 50.5 Å². The molecule has 0 saturated carbocycles. The summed E-state index contributed by atoms with van der Waals surface area (Å²) in [6, 6.07) is 21.8. The highest BCUT2D eigenvalue weighted by Gasteiger charge is 2.37. The first-order valence-corrected chi connectivity index (χ1v) is 14.5. The lowest BCUT2D eigenvalue weighted by Crippen LogP contribution is -2.59. The first-order chi connectivity index (χ1) is 18.8. The summed E-state index contributed by atoms with van der Waals surface area (Å²) >= 11 is 0.890. The second kappa shape index (κ2) is 11.4. The largest absolute Gasteiger partial charge is 0.323 e. The zero-order chi connectivity index (χ0) is 27.4. The lowest BCUT2D eigenvalue weighted by molar-refractivity contribution is -0.157. The molecule has 1 unspecified atom stereocenters. The molecule has 0 spiro atoms. The lowest BCUT2D eigenvalue weighted by Gasteiger charge is -2.34. The van der Waals surface area contributed by atoms with Crippen LogP contribution in [0.4, 0.5) is 0 Å². The van der Waals surface area contributed by atoms with Crippen molar-refractivity contribution in [3.8, 4) is 0 Å². The molecule has 5 rings (SSSR count). The summed E-state index contributed by atoms with van der Waals surface area (Å²) < 4.78 is 37.6. The number of nitrogens with one attached hydrogen (secondary N) is 1. The summed E-state index contributed by atoms with van der Waals surface area (Å²) in [5.41, 5.74) is 2.33. The highest BCUT2D eigenvalue weighted by Crippen LogP contribution is 2.22. The molecule has 3 amide bonds. The zero-order valence-electron chi connectivity index (χ0n) is 20.8. The maximum Gasteiger partial charge on any atom is 0.248 e. The van der Waals surface area contributed by atoms with Gasteiger partial charge in [0.2, 0.25) is 27.7 Å². The predicted octanol–water partition coefficient (Wildman–Crippen LogP) is 2.02. The normalized spacial score (nSPS) is 15.1. The van der Waals surface area contributed by atoms with Crippen molar-refractivity contribution in [1.29, 1.82) is 0 Å². The first kappa shape index (κ1) is 26.6. The Balaban J connectivity index is 1.35. The number of carbonyl (C=O) groups excluding carboxylic acids is 3. The SMILES string of the molecule is O=C(C(Cc1ccccc1)NS(=O)(=O)c1cccc2nsnc12)N1CC(=O)N(CCc2ccccc2)C(=O)C1. The van der Waals surface area contributed by atoms with Gasteiger partial charge in [0, 0.05) is 6.54 Å². The van der Waals surface area contributed by atoms with E-state index in [4.69, 9.17) is 0 Å². The minimum atomic E-state index is -4.21. The van der Waals surface area contributed by atoms with Gasteiger partial charge in [-0.2, -0.15) is 13.5 Å². The standard InChI is InChI=1S/C27H25N5O5S2/c33-24-17-31(18-25(34)32(24)15-14-19-8-3-1-4-9-19)27(35)22(16-20-10-5-2-6-11-20)30-39(36,37)23-13-7-12-21-26(23)29-38-28-21/h1-13,22,30H,14-18H2. The molecule has 200 valence electrons. The molecule has 39 heavy (non-hydrogen) atoms. The van der Waals surface area contributed by atoms with E-state index in [0.717, 1.165) is 27.1 Å². The van der Waals surface area contributed by atoms with Crippen molar-refractivity contribution in [2.75, 3.05) is 19.6 Å². The van der Waals surface area contributed by atoms with Gasteiger partial charge >= 0.3 is 0 Å². The monoisotopic (exact) mass is 563 g/mol. The quantitative estimate of drug-likeness (QED) is 0.309. The van der Waals surface area contributed by atoms with Gasteiger partial charge in [-0.25, -0.2) is 8.42 Å². The number of hydrogen-bond donors (Lipinski definition) is 1. The molecule has 1 saturated heterocycles. The third kappa shape index (κ3) is 6.03. The topological polar surface area (TPSA) is 130 Å². The first-order valence-electron chi connectivity index (χ1n) is 12.3. The Morgan fingerprint density at radius 2 is 1.51 bits per heavy atom. The smallest absolute Gasteiger partial charge is 0.248 e. The maximum atomic E-state index is 13.7. The van der Waals surface area contributed by atoms with Crippen molar-refractivity contribution in [3.63, 3.8) is 0 Å². The third-order valence-electron chi connectivity index (χ3n) is 6.45. The Hall–Kier alpha value is -4.00. The Kier molecular flexibility index (Phi) is 7.77. The summed E-state index contributed by atoms with van der Waals surface area (Å²) in [6.07, 6.45) is 0.528. The van der Waals surface area contributed by atoms with Gasteiger partial charge < -0.3 is 4.90 Å². The van der Waals surface area contributed by atoms with Crippen LogP contribution >= 0.6 is 11.7 Å². The Morgan fingerprint density at radius 1 is 0.872 bits per heavy atom. The number of rotatable bonds is 9. The van der Waals surface area contributed by atoms with Crippen molar-refractivity contribution in [2.24, 2.45) is 0 Å². The van der Waals surface area contributed by atoms with Crippen LogP contribution in [0.5, 0.6) is 0 Å². The number of benzene rings is 3. The van der Waals surface area contributed by atoms with Gasteiger partial charge in [-0.1, -0.05) is 66.7 Å². The van der Waals surface area contributed by atoms with Gasteiger partial charge in [-0.15, -0.1) is 0 Å². The number of sulfonamides is 1. The van der Waals surface area contributed by atoms with E-state index in [0.29, 0.717) is 17.5 Å². The van der Waals surface area contributed by atoms with Gasteiger partial charge in [0.1, 0.15) is 35.1 Å². The molecular weight excluding hydrogens is 538 g/mol. The number of piperazine rings is 1. The average Bonchev–Trinajstić information content (AvgIpc) is 3.42. The average molecular weight is 564 g/mol. The van der Waals surface area contributed by atoms with Crippen LogP contribution in [0.2, 0.25) is 0 Å². The number of amides is 3. The Bertz CT molecular complexity index is 1590. The molecule has 1 aliphatic rings. The number of fused-ring (bicyclic) bond motifs is 1. The van der Waals surface area contributed by atoms with Gasteiger partial charge in [-0.3, -0.25) is 19.3 Å². The number of nitrogens with zero attached hydrogens (tertiary/aromatic N) is 4. The van der Waals surface area contributed by atoms with E-state index in [9.17, 15) is 22.8 Å². The van der Waals surface area contributed by atoms with Crippen LogP contribution in [-0.4, -0.2) is 70.4 Å². The molecule has 4 aromatic rings. The number of hydrogen-bond acceptors (Lipinski definition) is 8. The Labute approximate surface area is 229 Å². The van der Waals surface area contributed by atoms with Gasteiger partial charge in [0.15, 0.2) is 0 Å². The molecule has 3 aromatic carbocycles. The number of imide groups is 1. The highest BCUT2D eigenvalue weighted by atomic mass is 32.2. The van der Waals surface area contributed by atoms with E-state index in [1.54, 1.807) is 36.4 Å². The maximum absolute atomic E-state index is 13.7. The van der Waals surface area contributed by atoms with Crippen molar-refractivity contribution < 1.29 is 22.8 Å². The van der Waals surface area contributed by atoms with E-state index in [-0.39, 0.29) is 36.5 Å².